The molecule has 0 atom stereocenters. The van der Waals surface area contributed by atoms with Crippen LogP contribution >= 0.6 is 0 Å². The quantitative estimate of drug-likeness (QED) is 0.217. The molecule has 7 nitrogen and oxygen atoms in total. The molecule has 0 aliphatic heterocycles. The summed E-state index contributed by atoms with van der Waals surface area (Å²) in [6, 6.07) is 20.5. The molecule has 3 aromatic rings. The van der Waals surface area contributed by atoms with E-state index in [4.69, 9.17) is 14.2 Å². The van der Waals surface area contributed by atoms with E-state index in [1.807, 2.05) is 25.1 Å². The van der Waals surface area contributed by atoms with Gasteiger partial charge in [-0.05, 0) is 74.0 Å². The first-order valence-corrected chi connectivity index (χ1v) is 10.6. The number of methoxy groups -OCH3 is 1. The molecule has 1 N–H and O–H groups in total. The Morgan fingerprint density at radius 1 is 1.00 bits per heavy atom. The lowest BCUT2D eigenvalue weighted by atomic mass is 10.1. The fourth-order valence-electron chi connectivity index (χ4n) is 3.00. The first-order valence-electron chi connectivity index (χ1n) is 10.6. The van der Waals surface area contributed by atoms with E-state index in [9.17, 15) is 14.9 Å². The predicted octanol–water partition coefficient (Wildman–Crippen LogP) is 5.17. The van der Waals surface area contributed by atoms with Gasteiger partial charge in [-0.3, -0.25) is 4.79 Å². The average Bonchev–Trinajstić information content (AvgIpc) is 2.85. The highest BCUT2D eigenvalue weighted by Gasteiger charge is 2.15. The summed E-state index contributed by atoms with van der Waals surface area (Å²) >= 11 is 0. The van der Waals surface area contributed by atoms with Gasteiger partial charge < -0.3 is 19.5 Å². The maximum Gasteiger partial charge on any atom is 0.343 e. The largest absolute Gasteiger partial charge is 0.497 e. The van der Waals surface area contributed by atoms with Gasteiger partial charge in [0.05, 0.1) is 19.3 Å². The number of carbonyl (C=O) groups is 2. The Morgan fingerprint density at radius 3 is 2.32 bits per heavy atom. The van der Waals surface area contributed by atoms with Gasteiger partial charge >= 0.3 is 5.97 Å². The molecular formula is C27H24N2O5. The van der Waals surface area contributed by atoms with Gasteiger partial charge in [0.25, 0.3) is 5.91 Å². The number of anilines is 1. The van der Waals surface area contributed by atoms with E-state index in [0.29, 0.717) is 34.9 Å². The Hall–Kier alpha value is -4.57. The van der Waals surface area contributed by atoms with Crippen LogP contribution in [-0.2, 0) is 4.79 Å². The van der Waals surface area contributed by atoms with Crippen LogP contribution in [0.15, 0.2) is 72.3 Å². The van der Waals surface area contributed by atoms with Crippen molar-refractivity contribution in [3.8, 4) is 23.3 Å². The molecule has 0 aromatic heterocycles. The van der Waals surface area contributed by atoms with Crippen molar-refractivity contribution in [2.24, 2.45) is 0 Å². The van der Waals surface area contributed by atoms with Crippen molar-refractivity contribution in [3.63, 3.8) is 0 Å². The average molecular weight is 456 g/mol. The fraction of sp³-hybridized carbons (Fsp3) is 0.148. The SMILES string of the molecule is CCOc1cc(/C=C(\C#N)C(=O)Nc2ccc(OC)cc2)ccc1OC(=O)c1ccc(C)cc1. The third-order valence-corrected chi connectivity index (χ3v) is 4.78. The molecule has 3 rings (SSSR count). The van der Waals surface area contributed by atoms with E-state index in [1.54, 1.807) is 68.6 Å². The predicted molar refractivity (Wildman–Crippen MR) is 129 cm³/mol. The molecule has 0 spiro atoms. The lowest BCUT2D eigenvalue weighted by Crippen LogP contribution is -2.13. The highest BCUT2D eigenvalue weighted by molar-refractivity contribution is 6.09. The number of carbonyl (C=O) groups excluding carboxylic acids is 2. The smallest absolute Gasteiger partial charge is 0.343 e. The number of esters is 1. The van der Waals surface area contributed by atoms with E-state index >= 15 is 0 Å². The standard InChI is InChI=1S/C27H24N2O5/c1-4-33-25-16-19(7-14-24(25)34-27(31)20-8-5-18(2)6-9-20)15-21(17-28)26(30)29-22-10-12-23(32-3)13-11-22/h5-16H,4H2,1-3H3,(H,29,30)/b21-15+. The number of nitriles is 1. The second-order valence-corrected chi connectivity index (χ2v) is 7.25. The highest BCUT2D eigenvalue weighted by atomic mass is 16.6. The van der Waals surface area contributed by atoms with Crippen molar-refractivity contribution in [2.45, 2.75) is 13.8 Å². The molecule has 34 heavy (non-hydrogen) atoms. The number of amides is 1. The lowest BCUT2D eigenvalue weighted by molar-refractivity contribution is -0.112. The first kappa shape index (κ1) is 24.1. The van der Waals surface area contributed by atoms with E-state index in [0.717, 1.165) is 5.56 Å². The van der Waals surface area contributed by atoms with Crippen LogP contribution in [0.5, 0.6) is 17.2 Å². The summed E-state index contributed by atoms with van der Waals surface area (Å²) in [4.78, 5) is 25.1. The maximum absolute atomic E-state index is 12.6. The third kappa shape index (κ3) is 6.24. The molecule has 0 unspecified atom stereocenters. The number of nitrogens with one attached hydrogen (secondary N) is 1. The van der Waals surface area contributed by atoms with Crippen LogP contribution in [0.3, 0.4) is 0 Å². The highest BCUT2D eigenvalue weighted by Crippen LogP contribution is 2.30. The summed E-state index contributed by atoms with van der Waals surface area (Å²) in [6.07, 6.45) is 1.44. The molecule has 0 saturated heterocycles. The van der Waals surface area contributed by atoms with Crippen molar-refractivity contribution >= 4 is 23.6 Å². The minimum absolute atomic E-state index is 0.0948. The van der Waals surface area contributed by atoms with Gasteiger partial charge in [-0.25, -0.2) is 4.79 Å². The zero-order valence-corrected chi connectivity index (χ0v) is 19.1. The molecule has 7 heteroatoms. The Labute approximate surface area is 198 Å². The van der Waals surface area contributed by atoms with Gasteiger partial charge in [0.15, 0.2) is 11.5 Å². The van der Waals surface area contributed by atoms with E-state index in [2.05, 4.69) is 5.32 Å². The van der Waals surface area contributed by atoms with Gasteiger partial charge in [-0.15, -0.1) is 0 Å². The molecule has 0 radical (unpaired) electrons. The number of hydrogen-bond donors (Lipinski definition) is 1. The van der Waals surface area contributed by atoms with Crippen LogP contribution < -0.4 is 19.5 Å². The molecule has 0 aliphatic carbocycles. The number of benzene rings is 3. The summed E-state index contributed by atoms with van der Waals surface area (Å²) in [5, 5.41) is 12.2. The molecule has 0 heterocycles. The molecule has 1 amide bonds. The molecule has 0 saturated carbocycles. The second kappa shape index (κ2) is 11.3. The zero-order chi connectivity index (χ0) is 24.5. The lowest BCUT2D eigenvalue weighted by Gasteiger charge is -2.12. The molecule has 3 aromatic carbocycles. The van der Waals surface area contributed by atoms with Gasteiger partial charge in [-0.1, -0.05) is 23.8 Å². The van der Waals surface area contributed by atoms with E-state index < -0.39 is 11.9 Å². The fourth-order valence-corrected chi connectivity index (χ4v) is 3.00. The molecule has 0 bridgehead atoms. The molecule has 0 aliphatic rings. The topological polar surface area (TPSA) is 97.7 Å². The molecule has 172 valence electrons. The molecular weight excluding hydrogens is 432 g/mol. The number of rotatable bonds is 8. The van der Waals surface area contributed by atoms with Crippen LogP contribution in [0, 0.1) is 18.3 Å². The van der Waals surface area contributed by atoms with E-state index in [-0.39, 0.29) is 11.3 Å². The van der Waals surface area contributed by atoms with Gasteiger partial charge in [-0.2, -0.15) is 5.26 Å². The summed E-state index contributed by atoms with van der Waals surface area (Å²) in [7, 11) is 1.55. The van der Waals surface area contributed by atoms with Crippen molar-refractivity contribution in [2.75, 3.05) is 19.0 Å². The van der Waals surface area contributed by atoms with Crippen molar-refractivity contribution in [1.29, 1.82) is 5.26 Å². The Bertz CT molecular complexity index is 1240. The van der Waals surface area contributed by atoms with Crippen LogP contribution in [0.2, 0.25) is 0 Å². The number of nitrogens with zero attached hydrogens (tertiary/aromatic N) is 1. The third-order valence-electron chi connectivity index (χ3n) is 4.78. The number of ether oxygens (including phenoxy) is 3. The van der Waals surface area contributed by atoms with Crippen LogP contribution in [0.25, 0.3) is 6.08 Å². The monoisotopic (exact) mass is 456 g/mol. The summed E-state index contributed by atoms with van der Waals surface area (Å²) in [5.41, 5.74) is 2.43. The van der Waals surface area contributed by atoms with Crippen molar-refractivity contribution in [3.05, 3.63) is 89.0 Å². The van der Waals surface area contributed by atoms with Gasteiger partial charge in [0, 0.05) is 5.69 Å². The van der Waals surface area contributed by atoms with E-state index in [1.165, 1.54) is 6.08 Å². The number of hydrogen-bond acceptors (Lipinski definition) is 6. The van der Waals surface area contributed by atoms with Crippen LogP contribution in [0.4, 0.5) is 5.69 Å². The second-order valence-electron chi connectivity index (χ2n) is 7.25. The summed E-state index contributed by atoms with van der Waals surface area (Å²) in [6.45, 7) is 4.07. The molecule has 0 fully saturated rings. The Balaban J connectivity index is 1.80. The van der Waals surface area contributed by atoms with Crippen LogP contribution in [-0.4, -0.2) is 25.6 Å². The van der Waals surface area contributed by atoms with Gasteiger partial charge in [0.1, 0.15) is 17.4 Å². The maximum atomic E-state index is 12.6. The minimum atomic E-state index is -0.555. The number of aryl methyl sites for hydroxylation is 1. The normalized spacial score (nSPS) is 10.7. The van der Waals surface area contributed by atoms with Gasteiger partial charge in [0.2, 0.25) is 0 Å². The van der Waals surface area contributed by atoms with Crippen LogP contribution in [0.1, 0.15) is 28.4 Å². The Kier molecular flexibility index (Phi) is 8.03. The minimum Gasteiger partial charge on any atom is -0.497 e. The zero-order valence-electron chi connectivity index (χ0n) is 19.1. The van der Waals surface area contributed by atoms with Crippen molar-refractivity contribution in [1.82, 2.24) is 0 Å². The van der Waals surface area contributed by atoms with Crippen molar-refractivity contribution < 1.29 is 23.8 Å². The first-order chi connectivity index (χ1) is 16.4. The Morgan fingerprint density at radius 2 is 1.71 bits per heavy atom. The summed E-state index contributed by atoms with van der Waals surface area (Å²) < 4.78 is 16.2. The summed E-state index contributed by atoms with van der Waals surface area (Å²) in [5.74, 6) is 0.150.